The van der Waals surface area contributed by atoms with Crippen LogP contribution in [0.3, 0.4) is 0 Å². The maximum atomic E-state index is 6.69. The van der Waals surface area contributed by atoms with Gasteiger partial charge in [-0.05, 0) is 0 Å². The first-order valence-electron chi connectivity index (χ1n) is 8.94. The summed E-state index contributed by atoms with van der Waals surface area (Å²) in [7, 11) is 0. The van der Waals surface area contributed by atoms with Gasteiger partial charge in [-0.15, -0.1) is 0 Å². The van der Waals surface area contributed by atoms with E-state index in [1.807, 2.05) is 0 Å². The molecule has 1 rings (SSSR count). The van der Waals surface area contributed by atoms with Crippen LogP contribution in [0.25, 0.3) is 0 Å². The molecule has 0 N–H and O–H groups in total. The van der Waals surface area contributed by atoms with Gasteiger partial charge in [0.05, 0.1) is 0 Å². The van der Waals surface area contributed by atoms with Crippen LogP contribution in [0.4, 0.5) is 0 Å². The zero-order chi connectivity index (χ0) is 15.4. The van der Waals surface area contributed by atoms with Crippen LogP contribution in [0, 0.1) is 0 Å². The predicted octanol–water partition coefficient (Wildman–Crippen LogP) is 6.20. The van der Waals surface area contributed by atoms with Gasteiger partial charge < -0.3 is 0 Å². The summed E-state index contributed by atoms with van der Waals surface area (Å²) in [5, 5.41) is 0. The summed E-state index contributed by atoms with van der Waals surface area (Å²) in [5.41, 5.74) is 1.42. The summed E-state index contributed by atoms with van der Waals surface area (Å²) in [5.74, 6) is 0. The van der Waals surface area contributed by atoms with Crippen molar-refractivity contribution in [1.82, 2.24) is 0 Å². The van der Waals surface area contributed by atoms with E-state index < -0.39 is 18.8 Å². The van der Waals surface area contributed by atoms with E-state index >= 15 is 0 Å². The normalized spacial score (nSPS) is 11.8. The van der Waals surface area contributed by atoms with Crippen LogP contribution >= 0.6 is 0 Å². The Balaban J connectivity index is 2.56. The average Bonchev–Trinajstić information content (AvgIpc) is 2.52. The molecule has 0 unspecified atom stereocenters. The standard InChI is InChI=1S/C8H9O.2C4H9.C3H7.Sn/c9-7-6-8-4-2-1-3-5-8;2*1-3-4-2;1-3-2;/h1-5H,6-7H2;2*1,3-4H2,2H3;1,3H2,2H3;/q-1;;;;+1. The zero-order valence-electron chi connectivity index (χ0n) is 14.4. The third-order valence-electron chi connectivity index (χ3n) is 4.32. The molecule has 1 aromatic rings. The third kappa shape index (κ3) is 7.69. The SMILES string of the molecule is CCC[CH2][Sn]([CH2]CC)([CH2]CCC)[O]CCc1ccccc1. The fraction of sp³-hybridized carbons (Fsp3) is 0.684. The van der Waals surface area contributed by atoms with Crippen LogP contribution in [0.5, 0.6) is 0 Å². The molecule has 2 heteroatoms. The Bertz CT molecular complexity index is 342. The Labute approximate surface area is 136 Å². The first-order valence-corrected chi connectivity index (χ1v) is 16.2. The molecule has 0 saturated heterocycles. The molecule has 0 spiro atoms. The van der Waals surface area contributed by atoms with Gasteiger partial charge in [0, 0.05) is 0 Å². The molecule has 120 valence electrons. The molecule has 0 aliphatic heterocycles. The average molecular weight is 397 g/mol. The van der Waals surface area contributed by atoms with Crippen LogP contribution < -0.4 is 0 Å². The minimum absolute atomic E-state index is 0.952. The van der Waals surface area contributed by atoms with Gasteiger partial charge in [-0.1, -0.05) is 0 Å². The van der Waals surface area contributed by atoms with E-state index in [0.717, 1.165) is 13.0 Å². The van der Waals surface area contributed by atoms with E-state index in [2.05, 4.69) is 51.1 Å². The Kier molecular flexibility index (Phi) is 10.4. The molecule has 0 amide bonds. The minimum atomic E-state index is -2.32. The molecule has 0 atom stereocenters. The van der Waals surface area contributed by atoms with Crippen molar-refractivity contribution in [2.45, 2.75) is 72.6 Å². The molecule has 0 fully saturated rings. The van der Waals surface area contributed by atoms with Gasteiger partial charge in [0.1, 0.15) is 0 Å². The van der Waals surface area contributed by atoms with Gasteiger partial charge >= 0.3 is 137 Å². The molecule has 0 heterocycles. The molecule has 0 radical (unpaired) electrons. The molecule has 1 aromatic carbocycles. The fourth-order valence-electron chi connectivity index (χ4n) is 3.08. The molecule has 1 nitrogen and oxygen atoms in total. The second-order valence-electron chi connectivity index (χ2n) is 6.22. The Morgan fingerprint density at radius 2 is 1.43 bits per heavy atom. The summed E-state index contributed by atoms with van der Waals surface area (Å²) >= 11 is -2.32. The van der Waals surface area contributed by atoms with Crippen LogP contribution in [0.1, 0.15) is 58.4 Å². The van der Waals surface area contributed by atoms with Gasteiger partial charge in [0.2, 0.25) is 0 Å². The van der Waals surface area contributed by atoms with Crippen molar-refractivity contribution in [3.63, 3.8) is 0 Å². The van der Waals surface area contributed by atoms with Crippen molar-refractivity contribution in [1.29, 1.82) is 0 Å². The van der Waals surface area contributed by atoms with Gasteiger partial charge in [0.25, 0.3) is 0 Å². The first-order chi connectivity index (χ1) is 10.3. The quantitative estimate of drug-likeness (QED) is 0.382. The summed E-state index contributed by atoms with van der Waals surface area (Å²) in [6.45, 7) is 7.91. The van der Waals surface area contributed by atoms with E-state index in [4.69, 9.17) is 3.07 Å². The van der Waals surface area contributed by atoms with Crippen LogP contribution in [0.2, 0.25) is 13.3 Å². The number of benzene rings is 1. The summed E-state index contributed by atoms with van der Waals surface area (Å²) in [6, 6.07) is 10.8. The van der Waals surface area contributed by atoms with Crippen molar-refractivity contribution in [2.24, 2.45) is 0 Å². The first kappa shape index (κ1) is 19.0. The monoisotopic (exact) mass is 398 g/mol. The molecule has 21 heavy (non-hydrogen) atoms. The number of hydrogen-bond donors (Lipinski definition) is 0. The number of hydrogen-bond acceptors (Lipinski definition) is 1. The van der Waals surface area contributed by atoms with Crippen LogP contribution in [0.15, 0.2) is 30.3 Å². The molecule has 0 bridgehead atoms. The number of rotatable bonds is 12. The van der Waals surface area contributed by atoms with Crippen molar-refractivity contribution in [2.75, 3.05) is 6.61 Å². The summed E-state index contributed by atoms with van der Waals surface area (Å²) in [6.07, 6.45) is 7.79. The fourth-order valence-corrected chi connectivity index (χ4v) is 16.3. The van der Waals surface area contributed by atoms with Crippen LogP contribution in [-0.4, -0.2) is 25.4 Å². The molecular formula is C19H34OSn. The second-order valence-corrected chi connectivity index (χ2v) is 18.1. The third-order valence-corrected chi connectivity index (χ3v) is 17.9. The summed E-state index contributed by atoms with van der Waals surface area (Å²) in [4.78, 5) is 0. The number of unbranched alkanes of at least 4 members (excludes halogenated alkanes) is 2. The van der Waals surface area contributed by atoms with Gasteiger partial charge in [-0.2, -0.15) is 0 Å². The second kappa shape index (κ2) is 11.5. The Hall–Kier alpha value is -0.0213. The van der Waals surface area contributed by atoms with E-state index in [-0.39, 0.29) is 0 Å². The molecule has 0 aromatic heterocycles. The molecule has 0 aliphatic carbocycles. The van der Waals surface area contributed by atoms with E-state index in [1.54, 1.807) is 0 Å². The Morgan fingerprint density at radius 3 is 1.95 bits per heavy atom. The zero-order valence-corrected chi connectivity index (χ0v) is 17.2. The predicted molar refractivity (Wildman–Crippen MR) is 96.4 cm³/mol. The molecular weight excluding hydrogens is 363 g/mol. The molecule has 0 saturated carbocycles. The molecule has 0 aliphatic rings. The Morgan fingerprint density at radius 1 is 0.810 bits per heavy atom. The topological polar surface area (TPSA) is 9.23 Å². The van der Waals surface area contributed by atoms with Crippen molar-refractivity contribution < 1.29 is 3.07 Å². The van der Waals surface area contributed by atoms with Crippen molar-refractivity contribution in [3.05, 3.63) is 35.9 Å². The van der Waals surface area contributed by atoms with Gasteiger partial charge in [-0.25, -0.2) is 0 Å². The van der Waals surface area contributed by atoms with Gasteiger partial charge in [-0.3, -0.25) is 0 Å². The maximum absolute atomic E-state index is 6.69. The van der Waals surface area contributed by atoms with Gasteiger partial charge in [0.15, 0.2) is 0 Å². The van der Waals surface area contributed by atoms with Crippen molar-refractivity contribution >= 4 is 18.8 Å². The van der Waals surface area contributed by atoms with E-state index in [0.29, 0.717) is 0 Å². The van der Waals surface area contributed by atoms with Crippen molar-refractivity contribution in [3.8, 4) is 0 Å². The van der Waals surface area contributed by atoms with E-state index in [9.17, 15) is 0 Å². The van der Waals surface area contributed by atoms with Crippen LogP contribution in [-0.2, 0) is 9.49 Å². The summed E-state index contributed by atoms with van der Waals surface area (Å²) < 4.78 is 11.0. The van der Waals surface area contributed by atoms with E-state index in [1.165, 1.54) is 51.0 Å².